The van der Waals surface area contributed by atoms with Crippen molar-refractivity contribution in [2.45, 2.75) is 115 Å². The highest BCUT2D eigenvalue weighted by Gasteiger charge is 2.39. The number of aliphatic carboxylic acids is 1. The second kappa shape index (κ2) is 24.1. The number of likely N-dealkylation sites (tertiary alicyclic amines) is 1. The highest BCUT2D eigenvalue weighted by molar-refractivity contribution is 5.98. The summed E-state index contributed by atoms with van der Waals surface area (Å²) >= 11 is 0. The van der Waals surface area contributed by atoms with Crippen LogP contribution in [0.15, 0.2) is 4.99 Å². The number of nitrogens with one attached hydrogen (secondary N) is 6. The third kappa shape index (κ3) is 16.6. The number of nitrogens with zero attached hydrogens (tertiary/aromatic N) is 2. The van der Waals surface area contributed by atoms with Crippen molar-refractivity contribution < 1.29 is 53.4 Å². The highest BCUT2D eigenvalue weighted by Crippen LogP contribution is 2.19. The van der Waals surface area contributed by atoms with E-state index in [-0.39, 0.29) is 31.9 Å². The third-order valence-corrected chi connectivity index (χ3v) is 9.20. The number of nitrogens with two attached hydrogens (primary N) is 4. The molecule has 8 atom stereocenters. The molecule has 0 aromatic heterocycles. The Balaban J connectivity index is 2.92. The van der Waals surface area contributed by atoms with E-state index < -0.39 is 127 Å². The zero-order valence-electron chi connectivity index (χ0n) is 33.0. The van der Waals surface area contributed by atoms with Crippen LogP contribution in [0.5, 0.6) is 0 Å². The van der Waals surface area contributed by atoms with Crippen LogP contribution in [0.25, 0.3) is 0 Å². The number of carboxylic acid groups (broad SMARTS) is 1. The number of hydrogen-bond donors (Lipinski definition) is 12. The number of aliphatic imine (C=N–C) groups is 1. The molecule has 1 heterocycles. The van der Waals surface area contributed by atoms with Crippen LogP contribution in [0.1, 0.15) is 73.1 Å². The number of rotatable bonds is 24. The summed E-state index contributed by atoms with van der Waals surface area (Å²) in [5.41, 5.74) is 21.6. The number of hydrogen-bond acceptors (Lipinski definition) is 12. The zero-order chi connectivity index (χ0) is 43.6. The molecule has 0 radical (unpaired) electrons. The Morgan fingerprint density at radius 1 is 0.825 bits per heavy atom. The van der Waals surface area contributed by atoms with Crippen molar-refractivity contribution in [2.75, 3.05) is 26.2 Å². The molecular weight excluding hydrogens is 752 g/mol. The van der Waals surface area contributed by atoms with Crippen molar-refractivity contribution in [3.05, 3.63) is 0 Å². The smallest absolute Gasteiger partial charge is 0.326 e. The van der Waals surface area contributed by atoms with E-state index in [1.807, 2.05) is 0 Å². The highest BCUT2D eigenvalue weighted by atomic mass is 16.4. The fraction of sp³-hybridized carbons (Fsp3) is 0.706. The first kappa shape index (κ1) is 49.4. The Kier molecular flexibility index (Phi) is 20.9. The molecule has 8 amide bonds. The molecular formula is C34H60N12O11. The quantitative estimate of drug-likeness (QED) is 0.0246. The van der Waals surface area contributed by atoms with E-state index in [0.717, 1.165) is 4.90 Å². The molecule has 0 aliphatic carbocycles. The summed E-state index contributed by atoms with van der Waals surface area (Å²) in [5.74, 6) is -9.08. The summed E-state index contributed by atoms with van der Waals surface area (Å²) in [7, 11) is 0. The van der Waals surface area contributed by atoms with Crippen molar-refractivity contribution >= 4 is 59.2 Å². The molecule has 16 N–H and O–H groups in total. The van der Waals surface area contributed by atoms with E-state index in [0.29, 0.717) is 19.3 Å². The van der Waals surface area contributed by atoms with E-state index in [2.05, 4.69) is 36.9 Å². The summed E-state index contributed by atoms with van der Waals surface area (Å²) < 4.78 is 0. The van der Waals surface area contributed by atoms with Crippen molar-refractivity contribution in [2.24, 2.45) is 39.8 Å². The fourth-order valence-electron chi connectivity index (χ4n) is 5.68. The molecule has 23 nitrogen and oxygen atoms in total. The summed E-state index contributed by atoms with van der Waals surface area (Å²) in [6.07, 6.45) is 0.905. The van der Waals surface area contributed by atoms with Crippen LogP contribution < -0.4 is 54.8 Å². The van der Waals surface area contributed by atoms with E-state index in [9.17, 15) is 53.4 Å². The molecule has 1 saturated heterocycles. The Bertz CT molecular complexity index is 1490. The number of carboxylic acids is 1. The summed E-state index contributed by atoms with van der Waals surface area (Å²) in [6.45, 7) is 6.77. The number of aliphatic hydroxyl groups is 1. The normalized spacial score (nSPS) is 17.3. The number of primary amides is 1. The molecule has 1 aliphatic heterocycles. The van der Waals surface area contributed by atoms with Gasteiger partial charge in [0.2, 0.25) is 47.3 Å². The van der Waals surface area contributed by atoms with Crippen molar-refractivity contribution in [1.29, 1.82) is 0 Å². The van der Waals surface area contributed by atoms with Gasteiger partial charge in [0, 0.05) is 13.1 Å². The van der Waals surface area contributed by atoms with Crippen LogP contribution in [0, 0.1) is 11.8 Å². The Labute approximate surface area is 330 Å². The first-order chi connectivity index (χ1) is 26.6. The van der Waals surface area contributed by atoms with Crippen LogP contribution in [0.2, 0.25) is 0 Å². The topological polar surface area (TPSA) is 386 Å². The van der Waals surface area contributed by atoms with Gasteiger partial charge in [0.25, 0.3) is 0 Å². The minimum Gasteiger partial charge on any atom is -0.480 e. The molecule has 1 rings (SSSR count). The maximum Gasteiger partial charge on any atom is 0.326 e. The molecule has 0 spiro atoms. The lowest BCUT2D eigenvalue weighted by atomic mass is 9.97. The Morgan fingerprint density at radius 2 is 1.46 bits per heavy atom. The monoisotopic (exact) mass is 812 g/mol. The number of amides is 8. The number of guanidine groups is 1. The predicted octanol–water partition coefficient (Wildman–Crippen LogP) is -5.43. The average Bonchev–Trinajstić information content (AvgIpc) is 3.64. The minimum absolute atomic E-state index is 0.0932. The molecule has 23 heteroatoms. The number of carbonyl (C=O) groups is 9. The fourth-order valence-corrected chi connectivity index (χ4v) is 5.68. The van der Waals surface area contributed by atoms with Crippen LogP contribution in [-0.2, 0) is 43.2 Å². The van der Waals surface area contributed by atoms with Gasteiger partial charge in [0.15, 0.2) is 5.96 Å². The first-order valence-electron chi connectivity index (χ1n) is 18.7. The van der Waals surface area contributed by atoms with Gasteiger partial charge in [-0.05, 0) is 44.4 Å². The lowest BCUT2D eigenvalue weighted by molar-refractivity contribution is -0.144. The lowest BCUT2D eigenvalue weighted by Crippen LogP contribution is -2.60. The molecule has 1 fully saturated rings. The van der Waals surface area contributed by atoms with Crippen LogP contribution in [-0.4, -0.2) is 143 Å². The molecule has 0 aromatic carbocycles. The van der Waals surface area contributed by atoms with Gasteiger partial charge in [-0.2, -0.15) is 0 Å². The first-order valence-corrected chi connectivity index (χ1v) is 18.7. The molecule has 0 bridgehead atoms. The summed E-state index contributed by atoms with van der Waals surface area (Å²) in [6, 6.07) is -8.94. The number of carbonyl (C=O) groups excluding carboxylic acids is 8. The third-order valence-electron chi connectivity index (χ3n) is 9.20. The van der Waals surface area contributed by atoms with Gasteiger partial charge in [-0.3, -0.25) is 43.3 Å². The molecule has 57 heavy (non-hydrogen) atoms. The van der Waals surface area contributed by atoms with E-state index in [1.165, 1.54) is 6.92 Å². The van der Waals surface area contributed by atoms with Gasteiger partial charge in [-0.15, -0.1) is 0 Å². The SMILES string of the molecule is CC[C@H](C)[C@H](NC(=O)[C@H](C)NC(=O)[C@@H]1CCCN1C(=O)[C@H](CO)NC(=O)CNC(=O)[C@@H](N)CCCN=C(N)N)C(=O)N[C@@H](CC(N)=O)C(=O)N[C@H](C(=O)O)C(C)C. The van der Waals surface area contributed by atoms with Gasteiger partial charge >= 0.3 is 5.97 Å². The molecule has 0 saturated carbocycles. The summed E-state index contributed by atoms with van der Waals surface area (Å²) in [4.78, 5) is 120. The van der Waals surface area contributed by atoms with Crippen LogP contribution >= 0.6 is 0 Å². The Hall–Kier alpha value is -5.58. The Morgan fingerprint density at radius 3 is 2.00 bits per heavy atom. The molecule has 1 aliphatic rings. The largest absolute Gasteiger partial charge is 0.480 e. The maximum absolute atomic E-state index is 13.4. The van der Waals surface area contributed by atoms with E-state index in [1.54, 1.807) is 27.7 Å². The van der Waals surface area contributed by atoms with Gasteiger partial charge in [-0.1, -0.05) is 34.1 Å². The van der Waals surface area contributed by atoms with Gasteiger partial charge in [0.1, 0.15) is 36.3 Å². The van der Waals surface area contributed by atoms with Crippen LogP contribution in [0.4, 0.5) is 0 Å². The molecule has 0 unspecified atom stereocenters. The average molecular weight is 813 g/mol. The van der Waals surface area contributed by atoms with Crippen LogP contribution in [0.3, 0.4) is 0 Å². The van der Waals surface area contributed by atoms with Crippen molar-refractivity contribution in [3.8, 4) is 0 Å². The number of aliphatic hydroxyl groups excluding tert-OH is 1. The second-order valence-electron chi connectivity index (χ2n) is 14.2. The minimum atomic E-state index is -1.56. The van der Waals surface area contributed by atoms with Gasteiger partial charge in [-0.25, -0.2) is 4.79 Å². The zero-order valence-corrected chi connectivity index (χ0v) is 33.0. The molecule has 0 aromatic rings. The molecule has 322 valence electrons. The second-order valence-corrected chi connectivity index (χ2v) is 14.2. The standard InChI is InChI=1S/C34H60N12O11/c1-6-17(4)26(31(54)43-20(13-23(36)48)29(52)44-25(16(2)3)33(56)57)45-27(50)18(5)41-30(53)22-10-8-12-46(22)32(55)21(15-47)42-24(49)14-40-28(51)19(35)9-7-11-39-34(37)38/h16-22,25-26,47H,6-15,35H2,1-5H3,(H2,36,48)(H,40,51)(H,41,53)(H,42,49)(H,43,54)(H,44,52)(H,45,50)(H,56,57)(H4,37,38,39)/t17-,18-,19-,20-,21-,22-,25-,26-/m0/s1. The predicted molar refractivity (Wildman–Crippen MR) is 204 cm³/mol. The maximum atomic E-state index is 13.4. The van der Waals surface area contributed by atoms with Crippen molar-refractivity contribution in [3.63, 3.8) is 0 Å². The van der Waals surface area contributed by atoms with E-state index >= 15 is 0 Å². The van der Waals surface area contributed by atoms with E-state index in [4.69, 9.17) is 22.9 Å². The van der Waals surface area contributed by atoms with Crippen molar-refractivity contribution in [1.82, 2.24) is 36.8 Å². The van der Waals surface area contributed by atoms with Gasteiger partial charge < -0.3 is 69.9 Å². The summed E-state index contributed by atoms with van der Waals surface area (Å²) in [5, 5.41) is 33.8. The van der Waals surface area contributed by atoms with Gasteiger partial charge in [0.05, 0.1) is 25.6 Å². The lowest BCUT2D eigenvalue weighted by Gasteiger charge is -2.30.